The van der Waals surface area contributed by atoms with Gasteiger partial charge in [0.25, 0.3) is 0 Å². The molecular weight excluding hydrogens is 546 g/mol. The molecule has 230 valence electrons. The maximum absolute atomic E-state index is 12.6. The first-order valence-electron chi connectivity index (χ1n) is 15.3. The highest BCUT2D eigenvalue weighted by molar-refractivity contribution is 5.77. The highest BCUT2D eigenvalue weighted by Crippen LogP contribution is 2.37. The zero-order valence-corrected chi connectivity index (χ0v) is 25.4. The Bertz CT molecular complexity index is 1260. The number of piperazine rings is 2. The molecule has 43 heavy (non-hydrogen) atoms. The Kier molecular flexibility index (Phi) is 10.5. The Morgan fingerprint density at radius 2 is 1.42 bits per heavy atom. The number of carbonyl (C=O) groups is 1. The summed E-state index contributed by atoms with van der Waals surface area (Å²) < 4.78 is 17.6. The molecule has 1 aromatic heterocycles. The first kappa shape index (κ1) is 30.7. The van der Waals surface area contributed by atoms with E-state index in [2.05, 4.69) is 80.4 Å². The van der Waals surface area contributed by atoms with Crippen LogP contribution in [0.15, 0.2) is 60.7 Å². The van der Waals surface area contributed by atoms with Crippen LogP contribution < -0.4 is 14.2 Å². The van der Waals surface area contributed by atoms with E-state index in [4.69, 9.17) is 14.2 Å². The van der Waals surface area contributed by atoms with Gasteiger partial charge in [-0.25, -0.2) is 0 Å². The molecule has 1 N–H and O–H groups in total. The van der Waals surface area contributed by atoms with E-state index in [-0.39, 0.29) is 29.9 Å². The topological polar surface area (TPSA) is 100 Å². The van der Waals surface area contributed by atoms with Gasteiger partial charge < -0.3 is 24.2 Å². The Morgan fingerprint density at radius 3 is 1.95 bits per heavy atom. The number of hydrogen-bond acceptors (Lipinski definition) is 9. The molecule has 0 unspecified atom stereocenters. The van der Waals surface area contributed by atoms with E-state index in [1.165, 1.54) is 11.1 Å². The summed E-state index contributed by atoms with van der Waals surface area (Å²) in [6, 6.07) is 21.8. The summed E-state index contributed by atoms with van der Waals surface area (Å²) in [7, 11) is 0. The molecule has 2 saturated heterocycles. The second-order valence-corrected chi connectivity index (χ2v) is 10.8. The van der Waals surface area contributed by atoms with E-state index in [9.17, 15) is 9.90 Å². The average molecular weight is 590 g/mol. The highest BCUT2D eigenvalue weighted by atomic mass is 16.5. The smallest absolute Gasteiger partial charge is 0.323 e. The second kappa shape index (κ2) is 14.6. The standard InChI is InChI=1S/C33H43N5O5/c1-4-41-31-27(32(42-5-2)35-33(34-31)43-6-3)21-36-19-26-20-37(29(40)23-39)17-18-38(26)28(22-36)30(24-13-9-7-10-14-24)25-15-11-8-12-16-25/h7-16,26,28,30,39H,4-6,17-23H2,1-3H3/t26-,28+/m1/s1. The van der Waals surface area contributed by atoms with Crippen molar-refractivity contribution in [1.29, 1.82) is 0 Å². The molecule has 5 rings (SSSR count). The van der Waals surface area contributed by atoms with E-state index in [0.717, 1.165) is 25.2 Å². The number of ether oxygens (including phenoxy) is 3. The molecule has 2 aliphatic rings. The van der Waals surface area contributed by atoms with Gasteiger partial charge in [-0.1, -0.05) is 60.7 Å². The summed E-state index contributed by atoms with van der Waals surface area (Å²) in [5.41, 5.74) is 3.29. The minimum atomic E-state index is -0.477. The molecule has 2 fully saturated rings. The maximum atomic E-state index is 12.6. The number of amides is 1. The lowest BCUT2D eigenvalue weighted by Gasteiger charge is -2.53. The van der Waals surface area contributed by atoms with Crippen molar-refractivity contribution in [2.24, 2.45) is 0 Å². The second-order valence-electron chi connectivity index (χ2n) is 10.8. The van der Waals surface area contributed by atoms with Gasteiger partial charge in [0.15, 0.2) is 0 Å². The van der Waals surface area contributed by atoms with Crippen LogP contribution in [0.3, 0.4) is 0 Å². The number of benzene rings is 2. The van der Waals surface area contributed by atoms with Crippen molar-refractivity contribution < 1.29 is 24.1 Å². The Labute approximate surface area is 254 Å². The molecule has 0 bridgehead atoms. The van der Waals surface area contributed by atoms with Crippen LogP contribution in [-0.4, -0.2) is 107 Å². The quantitative estimate of drug-likeness (QED) is 0.341. The largest absolute Gasteiger partial charge is 0.477 e. The van der Waals surface area contributed by atoms with Gasteiger partial charge in [-0.15, -0.1) is 0 Å². The molecule has 2 aromatic carbocycles. The molecule has 10 heteroatoms. The zero-order valence-electron chi connectivity index (χ0n) is 25.4. The summed E-state index contributed by atoms with van der Waals surface area (Å²) in [5.74, 6) is 0.814. The van der Waals surface area contributed by atoms with E-state index in [1.807, 2.05) is 20.8 Å². The third-order valence-electron chi connectivity index (χ3n) is 8.19. The lowest BCUT2D eigenvalue weighted by atomic mass is 9.81. The number of aromatic nitrogens is 2. The van der Waals surface area contributed by atoms with Gasteiger partial charge in [0.1, 0.15) is 6.61 Å². The number of carbonyl (C=O) groups excluding carboxylic acids is 1. The van der Waals surface area contributed by atoms with Crippen molar-refractivity contribution >= 4 is 5.91 Å². The molecule has 0 saturated carbocycles. The van der Waals surface area contributed by atoms with Crippen molar-refractivity contribution in [3.8, 4) is 17.8 Å². The number of aliphatic hydroxyl groups excluding tert-OH is 1. The van der Waals surface area contributed by atoms with Crippen LogP contribution in [-0.2, 0) is 11.3 Å². The zero-order chi connectivity index (χ0) is 30.2. The molecular formula is C33H43N5O5. The SMILES string of the molecule is CCOc1nc(OCC)c(CN2C[C@@H]3CN(C(=O)CO)CCN3[C@H](C(c3ccccc3)c3ccccc3)C2)c(OCC)n1. The van der Waals surface area contributed by atoms with Crippen LogP contribution in [0.2, 0.25) is 0 Å². The summed E-state index contributed by atoms with van der Waals surface area (Å²) in [4.78, 5) is 28.5. The van der Waals surface area contributed by atoms with Crippen molar-refractivity contribution in [2.45, 2.75) is 45.3 Å². The summed E-state index contributed by atoms with van der Waals surface area (Å²) >= 11 is 0. The summed E-state index contributed by atoms with van der Waals surface area (Å²) in [6.07, 6.45) is 0. The Morgan fingerprint density at radius 1 is 0.837 bits per heavy atom. The third kappa shape index (κ3) is 7.09. The summed E-state index contributed by atoms with van der Waals surface area (Å²) in [5, 5.41) is 9.62. The van der Waals surface area contributed by atoms with Crippen LogP contribution in [0.1, 0.15) is 43.4 Å². The molecule has 3 aromatic rings. The first-order valence-corrected chi connectivity index (χ1v) is 15.3. The lowest BCUT2D eigenvalue weighted by molar-refractivity contribution is -0.139. The van der Waals surface area contributed by atoms with E-state index >= 15 is 0 Å². The average Bonchev–Trinajstić information content (AvgIpc) is 3.03. The first-order chi connectivity index (χ1) is 21.1. The lowest BCUT2D eigenvalue weighted by Crippen LogP contribution is -2.67. The van der Waals surface area contributed by atoms with E-state index in [1.54, 1.807) is 4.90 Å². The number of aliphatic hydroxyl groups is 1. The third-order valence-corrected chi connectivity index (χ3v) is 8.19. The molecule has 0 spiro atoms. The van der Waals surface area contributed by atoms with Crippen LogP contribution in [0, 0.1) is 0 Å². The van der Waals surface area contributed by atoms with E-state index in [0.29, 0.717) is 51.2 Å². The molecule has 0 radical (unpaired) electrons. The minimum Gasteiger partial charge on any atom is -0.477 e. The fraction of sp³-hybridized carbons (Fsp3) is 0.485. The van der Waals surface area contributed by atoms with Gasteiger partial charge in [0, 0.05) is 57.3 Å². The normalized spacial score (nSPS) is 19.2. The monoisotopic (exact) mass is 589 g/mol. The highest BCUT2D eigenvalue weighted by Gasteiger charge is 2.43. The number of rotatable bonds is 12. The van der Waals surface area contributed by atoms with Gasteiger partial charge in [-0.3, -0.25) is 14.6 Å². The minimum absolute atomic E-state index is 0.0765. The molecule has 2 atom stereocenters. The molecule has 1 amide bonds. The van der Waals surface area contributed by atoms with Gasteiger partial charge in [-0.2, -0.15) is 9.97 Å². The number of hydrogen-bond donors (Lipinski definition) is 1. The predicted molar refractivity (Wildman–Crippen MR) is 163 cm³/mol. The Balaban J connectivity index is 1.54. The molecule has 3 heterocycles. The fourth-order valence-corrected chi connectivity index (χ4v) is 6.41. The number of fused-ring (bicyclic) bond motifs is 1. The summed E-state index contributed by atoms with van der Waals surface area (Å²) in [6.45, 7) is 10.5. The molecule has 10 nitrogen and oxygen atoms in total. The van der Waals surface area contributed by atoms with Crippen LogP contribution in [0.25, 0.3) is 0 Å². The van der Waals surface area contributed by atoms with Crippen molar-refractivity contribution in [3.05, 3.63) is 77.4 Å². The molecule has 0 aliphatic carbocycles. The fourth-order valence-electron chi connectivity index (χ4n) is 6.41. The predicted octanol–water partition coefficient (Wildman–Crippen LogP) is 3.19. The van der Waals surface area contributed by atoms with Gasteiger partial charge in [-0.05, 0) is 31.9 Å². The van der Waals surface area contributed by atoms with Gasteiger partial charge >= 0.3 is 6.01 Å². The van der Waals surface area contributed by atoms with E-state index < -0.39 is 6.61 Å². The van der Waals surface area contributed by atoms with Crippen LogP contribution in [0.5, 0.6) is 17.8 Å². The van der Waals surface area contributed by atoms with Crippen LogP contribution in [0.4, 0.5) is 0 Å². The molecule has 2 aliphatic heterocycles. The Hall–Kier alpha value is -3.73. The van der Waals surface area contributed by atoms with Crippen LogP contribution >= 0.6 is 0 Å². The maximum Gasteiger partial charge on any atom is 0.323 e. The van der Waals surface area contributed by atoms with Gasteiger partial charge in [0.05, 0.1) is 25.4 Å². The van der Waals surface area contributed by atoms with Crippen molar-refractivity contribution in [1.82, 2.24) is 24.7 Å². The van der Waals surface area contributed by atoms with Gasteiger partial charge in [0.2, 0.25) is 17.7 Å². The number of nitrogens with zero attached hydrogens (tertiary/aromatic N) is 5. The van der Waals surface area contributed by atoms with Crippen molar-refractivity contribution in [3.63, 3.8) is 0 Å². The van der Waals surface area contributed by atoms with Crippen molar-refractivity contribution in [2.75, 3.05) is 59.2 Å².